The molecule has 2 rings (SSSR count). The first-order valence-electron chi connectivity index (χ1n) is 7.74. The summed E-state index contributed by atoms with van der Waals surface area (Å²) in [5.41, 5.74) is 0. The molecule has 2 fully saturated rings. The van der Waals surface area contributed by atoms with Crippen molar-refractivity contribution < 1.29 is 4.79 Å². The molecular formula is C15H28N2O. The molecule has 0 radical (unpaired) electrons. The van der Waals surface area contributed by atoms with Crippen molar-refractivity contribution in [3.63, 3.8) is 0 Å². The van der Waals surface area contributed by atoms with Gasteiger partial charge in [-0.15, -0.1) is 0 Å². The third-order valence-corrected chi connectivity index (χ3v) is 4.61. The zero-order valence-electron chi connectivity index (χ0n) is 12.0. The van der Waals surface area contributed by atoms with Crippen LogP contribution in [0.4, 0.5) is 0 Å². The summed E-state index contributed by atoms with van der Waals surface area (Å²) in [6.07, 6.45) is 6.90. The van der Waals surface area contributed by atoms with E-state index in [2.05, 4.69) is 24.1 Å². The molecule has 0 aromatic carbocycles. The van der Waals surface area contributed by atoms with Crippen LogP contribution in [0.2, 0.25) is 0 Å². The highest BCUT2D eigenvalue weighted by molar-refractivity contribution is 5.86. The van der Waals surface area contributed by atoms with E-state index in [0.29, 0.717) is 11.8 Å². The van der Waals surface area contributed by atoms with E-state index in [1.54, 1.807) is 0 Å². The third kappa shape index (κ3) is 3.12. The lowest BCUT2D eigenvalue weighted by atomic mass is 9.93. The molecule has 2 saturated heterocycles. The number of ketones is 1. The largest absolute Gasteiger partial charge is 0.317 e. The lowest BCUT2D eigenvalue weighted by Crippen LogP contribution is -2.48. The Morgan fingerprint density at radius 1 is 1.33 bits per heavy atom. The quantitative estimate of drug-likeness (QED) is 0.814. The van der Waals surface area contributed by atoms with Crippen molar-refractivity contribution in [2.45, 2.75) is 64.5 Å². The van der Waals surface area contributed by atoms with E-state index in [4.69, 9.17) is 0 Å². The summed E-state index contributed by atoms with van der Waals surface area (Å²) < 4.78 is 0. The normalized spacial score (nSPS) is 28.4. The number of likely N-dealkylation sites (tertiary alicyclic amines) is 1. The SMILES string of the molecule is CCCC(C)C(=O)C1CCCN1C1CCNCC1. The van der Waals surface area contributed by atoms with Crippen LogP contribution < -0.4 is 5.32 Å². The maximum atomic E-state index is 12.5. The Bertz CT molecular complexity index is 274. The Morgan fingerprint density at radius 2 is 2.06 bits per heavy atom. The van der Waals surface area contributed by atoms with Gasteiger partial charge < -0.3 is 5.32 Å². The molecule has 0 aromatic heterocycles. The number of hydrogen-bond acceptors (Lipinski definition) is 3. The van der Waals surface area contributed by atoms with Crippen LogP contribution in [0.25, 0.3) is 0 Å². The maximum Gasteiger partial charge on any atom is 0.152 e. The second kappa shape index (κ2) is 6.67. The Kier molecular flexibility index (Phi) is 5.19. The molecule has 2 atom stereocenters. The first kappa shape index (κ1) is 14.0. The molecule has 0 saturated carbocycles. The lowest BCUT2D eigenvalue weighted by Gasteiger charge is -2.36. The molecule has 0 amide bonds. The smallest absolute Gasteiger partial charge is 0.152 e. The van der Waals surface area contributed by atoms with E-state index < -0.39 is 0 Å². The van der Waals surface area contributed by atoms with Crippen LogP contribution >= 0.6 is 0 Å². The first-order valence-corrected chi connectivity index (χ1v) is 7.74. The number of carbonyl (C=O) groups excluding carboxylic acids is 1. The molecule has 3 heteroatoms. The van der Waals surface area contributed by atoms with Crippen LogP contribution in [0.1, 0.15) is 52.4 Å². The minimum Gasteiger partial charge on any atom is -0.317 e. The van der Waals surface area contributed by atoms with Crippen molar-refractivity contribution >= 4 is 5.78 Å². The summed E-state index contributed by atoms with van der Waals surface area (Å²) in [5, 5.41) is 3.41. The van der Waals surface area contributed by atoms with E-state index in [1.807, 2.05) is 0 Å². The molecule has 0 spiro atoms. The van der Waals surface area contributed by atoms with Gasteiger partial charge in [-0.25, -0.2) is 0 Å². The Hall–Kier alpha value is -0.410. The van der Waals surface area contributed by atoms with Crippen molar-refractivity contribution in [1.82, 2.24) is 10.2 Å². The number of carbonyl (C=O) groups is 1. The van der Waals surface area contributed by atoms with Gasteiger partial charge in [-0.1, -0.05) is 20.3 Å². The van der Waals surface area contributed by atoms with E-state index in [9.17, 15) is 4.79 Å². The van der Waals surface area contributed by atoms with Crippen molar-refractivity contribution in [3.8, 4) is 0 Å². The Morgan fingerprint density at radius 3 is 2.72 bits per heavy atom. The first-order chi connectivity index (χ1) is 8.74. The number of nitrogens with zero attached hydrogens (tertiary/aromatic N) is 1. The summed E-state index contributed by atoms with van der Waals surface area (Å²) in [7, 11) is 0. The minimum atomic E-state index is 0.231. The second-order valence-electron chi connectivity index (χ2n) is 5.97. The van der Waals surface area contributed by atoms with Crippen LogP contribution in [0.3, 0.4) is 0 Å². The lowest BCUT2D eigenvalue weighted by molar-refractivity contribution is -0.127. The fourth-order valence-electron chi connectivity index (χ4n) is 3.57. The fraction of sp³-hybridized carbons (Fsp3) is 0.933. The molecule has 18 heavy (non-hydrogen) atoms. The molecule has 104 valence electrons. The van der Waals surface area contributed by atoms with Gasteiger partial charge in [0.05, 0.1) is 6.04 Å². The summed E-state index contributed by atoms with van der Waals surface area (Å²) in [5.74, 6) is 0.759. The van der Waals surface area contributed by atoms with Gasteiger partial charge in [0.15, 0.2) is 5.78 Å². The average Bonchev–Trinajstić information content (AvgIpc) is 2.88. The molecular weight excluding hydrogens is 224 g/mol. The second-order valence-corrected chi connectivity index (χ2v) is 5.97. The van der Waals surface area contributed by atoms with Crippen LogP contribution in [-0.2, 0) is 4.79 Å². The van der Waals surface area contributed by atoms with Gasteiger partial charge in [0.25, 0.3) is 0 Å². The zero-order valence-corrected chi connectivity index (χ0v) is 12.0. The molecule has 1 N–H and O–H groups in total. The van der Waals surface area contributed by atoms with Gasteiger partial charge in [-0.2, -0.15) is 0 Å². The highest BCUT2D eigenvalue weighted by Crippen LogP contribution is 2.27. The van der Waals surface area contributed by atoms with Gasteiger partial charge in [0, 0.05) is 12.0 Å². The van der Waals surface area contributed by atoms with Crippen LogP contribution in [0, 0.1) is 5.92 Å². The summed E-state index contributed by atoms with van der Waals surface area (Å²) in [6, 6.07) is 0.881. The number of nitrogens with one attached hydrogen (secondary N) is 1. The third-order valence-electron chi connectivity index (χ3n) is 4.61. The van der Waals surface area contributed by atoms with Gasteiger partial charge in [0.1, 0.15) is 0 Å². The Balaban J connectivity index is 1.95. The van der Waals surface area contributed by atoms with Gasteiger partial charge in [-0.3, -0.25) is 9.69 Å². The van der Waals surface area contributed by atoms with Gasteiger partial charge in [0.2, 0.25) is 0 Å². The predicted octanol–water partition coefficient (Wildman–Crippen LogP) is 2.21. The van der Waals surface area contributed by atoms with E-state index in [1.165, 1.54) is 19.3 Å². The average molecular weight is 252 g/mol. The van der Waals surface area contributed by atoms with Crippen molar-refractivity contribution in [2.24, 2.45) is 5.92 Å². The van der Waals surface area contributed by atoms with Crippen molar-refractivity contribution in [1.29, 1.82) is 0 Å². The number of Topliss-reactive ketones (excluding diaryl/α,β-unsaturated/α-hetero) is 1. The molecule has 2 unspecified atom stereocenters. The van der Waals surface area contributed by atoms with Gasteiger partial charge >= 0.3 is 0 Å². The topological polar surface area (TPSA) is 32.3 Å². The molecule has 3 nitrogen and oxygen atoms in total. The highest BCUT2D eigenvalue weighted by Gasteiger charge is 2.36. The van der Waals surface area contributed by atoms with Gasteiger partial charge in [-0.05, 0) is 51.7 Å². The number of rotatable bonds is 5. The summed E-state index contributed by atoms with van der Waals surface area (Å²) in [6.45, 7) is 7.66. The zero-order chi connectivity index (χ0) is 13.0. The summed E-state index contributed by atoms with van der Waals surface area (Å²) in [4.78, 5) is 15.1. The van der Waals surface area contributed by atoms with Crippen LogP contribution in [0.15, 0.2) is 0 Å². The molecule has 0 bridgehead atoms. The summed E-state index contributed by atoms with van der Waals surface area (Å²) >= 11 is 0. The maximum absolute atomic E-state index is 12.5. The van der Waals surface area contributed by atoms with Crippen LogP contribution in [0.5, 0.6) is 0 Å². The molecule has 2 aliphatic heterocycles. The van der Waals surface area contributed by atoms with Crippen molar-refractivity contribution in [3.05, 3.63) is 0 Å². The highest BCUT2D eigenvalue weighted by atomic mass is 16.1. The van der Waals surface area contributed by atoms with E-state index in [0.717, 1.165) is 38.9 Å². The minimum absolute atomic E-state index is 0.231. The number of hydrogen-bond donors (Lipinski definition) is 1. The number of piperidine rings is 1. The monoisotopic (exact) mass is 252 g/mol. The Labute approximate surface area is 111 Å². The van der Waals surface area contributed by atoms with Crippen molar-refractivity contribution in [2.75, 3.05) is 19.6 Å². The van der Waals surface area contributed by atoms with E-state index >= 15 is 0 Å². The molecule has 2 heterocycles. The predicted molar refractivity (Wildman–Crippen MR) is 74.7 cm³/mol. The van der Waals surface area contributed by atoms with E-state index in [-0.39, 0.29) is 12.0 Å². The van der Waals surface area contributed by atoms with Crippen LogP contribution in [-0.4, -0.2) is 42.4 Å². The fourth-order valence-corrected chi connectivity index (χ4v) is 3.57. The molecule has 0 aliphatic carbocycles. The molecule has 0 aromatic rings. The standard InChI is InChI=1S/C15H28N2O/c1-3-5-12(2)15(18)14-6-4-11-17(14)13-7-9-16-10-8-13/h12-14,16H,3-11H2,1-2H3. The molecule has 2 aliphatic rings.